The summed E-state index contributed by atoms with van der Waals surface area (Å²) in [5.41, 5.74) is 4.35. The van der Waals surface area contributed by atoms with Crippen LogP contribution in [0, 0.1) is 0 Å². The molecule has 0 bridgehead atoms. The summed E-state index contributed by atoms with van der Waals surface area (Å²) in [5.74, 6) is 0. The highest BCUT2D eigenvalue weighted by Gasteiger charge is 2.16. The minimum atomic E-state index is 0.231. The molecule has 0 saturated carbocycles. The molecule has 0 aliphatic heterocycles. The van der Waals surface area contributed by atoms with Crippen LogP contribution >= 0.6 is 0 Å². The lowest BCUT2D eigenvalue weighted by molar-refractivity contribution is 0.106. The zero-order valence-corrected chi connectivity index (χ0v) is 11.1. The Morgan fingerprint density at radius 2 is 1.94 bits per heavy atom. The number of nitrogens with one attached hydrogen (secondary N) is 1. The van der Waals surface area contributed by atoms with Crippen LogP contribution in [0.15, 0.2) is 18.2 Å². The van der Waals surface area contributed by atoms with Crippen LogP contribution < -0.4 is 5.32 Å². The standard InChI is InChI=1S/C15H23NO/c1-11(12(2)17-3)16-15-10-6-8-13-7-4-5-9-14(13)15/h6,8,10-12,16H,4-5,7,9H2,1-3H3. The molecule has 2 atom stereocenters. The smallest absolute Gasteiger partial charge is 0.0741 e. The highest BCUT2D eigenvalue weighted by Crippen LogP contribution is 2.28. The molecule has 2 heteroatoms. The first-order chi connectivity index (χ1) is 8.22. The molecule has 1 aromatic carbocycles. The first-order valence-corrected chi connectivity index (χ1v) is 6.62. The fourth-order valence-corrected chi connectivity index (χ4v) is 2.48. The fraction of sp³-hybridized carbons (Fsp3) is 0.600. The topological polar surface area (TPSA) is 21.3 Å². The molecule has 2 nitrogen and oxygen atoms in total. The third-order valence-corrected chi connectivity index (χ3v) is 3.86. The summed E-state index contributed by atoms with van der Waals surface area (Å²) in [6, 6.07) is 6.97. The Morgan fingerprint density at radius 1 is 1.18 bits per heavy atom. The maximum Gasteiger partial charge on any atom is 0.0741 e. The molecule has 0 spiro atoms. The van der Waals surface area contributed by atoms with Gasteiger partial charge in [-0.15, -0.1) is 0 Å². The Morgan fingerprint density at radius 3 is 2.71 bits per heavy atom. The SMILES string of the molecule is COC(C)C(C)Nc1cccc2c1CCCC2. The van der Waals surface area contributed by atoms with Crippen molar-refractivity contribution < 1.29 is 4.74 Å². The molecule has 1 aliphatic carbocycles. The van der Waals surface area contributed by atoms with Crippen LogP contribution in [0.4, 0.5) is 5.69 Å². The molecular weight excluding hydrogens is 210 g/mol. The molecule has 2 rings (SSSR count). The maximum atomic E-state index is 5.37. The van der Waals surface area contributed by atoms with Crippen LogP contribution in [0.1, 0.15) is 37.8 Å². The average Bonchev–Trinajstić information content (AvgIpc) is 2.38. The zero-order valence-electron chi connectivity index (χ0n) is 11.1. The van der Waals surface area contributed by atoms with E-state index in [1.165, 1.54) is 42.5 Å². The lowest BCUT2D eigenvalue weighted by Crippen LogP contribution is -2.30. The van der Waals surface area contributed by atoms with E-state index in [0.29, 0.717) is 6.04 Å². The van der Waals surface area contributed by atoms with E-state index in [4.69, 9.17) is 4.74 Å². The van der Waals surface area contributed by atoms with E-state index in [0.717, 1.165) is 0 Å². The number of hydrogen-bond acceptors (Lipinski definition) is 2. The Bertz CT molecular complexity index is 375. The van der Waals surface area contributed by atoms with E-state index in [-0.39, 0.29) is 6.10 Å². The van der Waals surface area contributed by atoms with E-state index in [2.05, 4.69) is 37.4 Å². The second-order valence-electron chi connectivity index (χ2n) is 5.02. The van der Waals surface area contributed by atoms with Gasteiger partial charge in [-0.3, -0.25) is 0 Å². The molecular formula is C15H23NO. The van der Waals surface area contributed by atoms with Gasteiger partial charge in [0.2, 0.25) is 0 Å². The summed E-state index contributed by atoms with van der Waals surface area (Å²) in [6.07, 6.45) is 5.33. The minimum Gasteiger partial charge on any atom is -0.380 e. The number of fused-ring (bicyclic) bond motifs is 1. The molecule has 1 aromatic rings. The number of rotatable bonds is 4. The molecule has 0 saturated heterocycles. The second-order valence-corrected chi connectivity index (χ2v) is 5.02. The second kappa shape index (κ2) is 5.54. The van der Waals surface area contributed by atoms with Gasteiger partial charge in [0.25, 0.3) is 0 Å². The van der Waals surface area contributed by atoms with E-state index >= 15 is 0 Å². The lowest BCUT2D eigenvalue weighted by atomic mass is 9.90. The quantitative estimate of drug-likeness (QED) is 0.860. The summed E-state index contributed by atoms with van der Waals surface area (Å²) in [6.45, 7) is 4.28. The van der Waals surface area contributed by atoms with Gasteiger partial charge in [-0.2, -0.15) is 0 Å². The molecule has 0 heterocycles. The predicted molar refractivity (Wildman–Crippen MR) is 72.6 cm³/mol. The van der Waals surface area contributed by atoms with Crippen molar-refractivity contribution in [3.05, 3.63) is 29.3 Å². The summed E-state index contributed by atoms with van der Waals surface area (Å²) >= 11 is 0. The van der Waals surface area contributed by atoms with Crippen LogP contribution in [-0.2, 0) is 17.6 Å². The molecule has 1 N–H and O–H groups in total. The number of hydrogen-bond donors (Lipinski definition) is 1. The van der Waals surface area contributed by atoms with Gasteiger partial charge in [0.15, 0.2) is 0 Å². The molecule has 0 amide bonds. The van der Waals surface area contributed by atoms with E-state index < -0.39 is 0 Å². The van der Waals surface area contributed by atoms with Crippen molar-refractivity contribution in [2.75, 3.05) is 12.4 Å². The number of benzene rings is 1. The summed E-state index contributed by atoms with van der Waals surface area (Å²) in [5, 5.41) is 3.60. The largest absolute Gasteiger partial charge is 0.380 e. The summed E-state index contributed by atoms with van der Waals surface area (Å²) in [7, 11) is 1.77. The van der Waals surface area contributed by atoms with Gasteiger partial charge in [0.05, 0.1) is 6.10 Å². The number of aryl methyl sites for hydroxylation is 1. The Kier molecular flexibility index (Phi) is 4.06. The average molecular weight is 233 g/mol. The fourth-order valence-electron chi connectivity index (χ4n) is 2.48. The molecule has 0 radical (unpaired) electrons. The first-order valence-electron chi connectivity index (χ1n) is 6.62. The van der Waals surface area contributed by atoms with Gasteiger partial charge < -0.3 is 10.1 Å². The highest BCUT2D eigenvalue weighted by atomic mass is 16.5. The van der Waals surface area contributed by atoms with Crippen LogP contribution in [-0.4, -0.2) is 19.3 Å². The van der Waals surface area contributed by atoms with Crippen molar-refractivity contribution in [3.8, 4) is 0 Å². The summed E-state index contributed by atoms with van der Waals surface area (Å²) in [4.78, 5) is 0. The van der Waals surface area contributed by atoms with Gasteiger partial charge in [0, 0.05) is 18.8 Å². The van der Waals surface area contributed by atoms with Crippen molar-refractivity contribution in [2.45, 2.75) is 51.7 Å². The van der Waals surface area contributed by atoms with E-state index in [1.54, 1.807) is 7.11 Å². The van der Waals surface area contributed by atoms with Crippen LogP contribution in [0.25, 0.3) is 0 Å². The molecule has 0 aromatic heterocycles. The maximum absolute atomic E-state index is 5.37. The van der Waals surface area contributed by atoms with Gasteiger partial charge in [-0.05, 0) is 56.7 Å². The van der Waals surface area contributed by atoms with Crippen LogP contribution in [0.2, 0.25) is 0 Å². The molecule has 1 aliphatic rings. The molecule has 0 fully saturated rings. The van der Waals surface area contributed by atoms with Crippen molar-refractivity contribution in [2.24, 2.45) is 0 Å². The van der Waals surface area contributed by atoms with Crippen molar-refractivity contribution in [3.63, 3.8) is 0 Å². The molecule has 17 heavy (non-hydrogen) atoms. The zero-order chi connectivity index (χ0) is 12.3. The third kappa shape index (κ3) is 2.81. The van der Waals surface area contributed by atoms with Crippen molar-refractivity contribution in [1.82, 2.24) is 0 Å². The van der Waals surface area contributed by atoms with Gasteiger partial charge in [-0.1, -0.05) is 12.1 Å². The minimum absolute atomic E-state index is 0.231. The monoisotopic (exact) mass is 233 g/mol. The predicted octanol–water partition coefficient (Wildman–Crippen LogP) is 3.40. The van der Waals surface area contributed by atoms with Crippen LogP contribution in [0.5, 0.6) is 0 Å². The van der Waals surface area contributed by atoms with Crippen molar-refractivity contribution in [1.29, 1.82) is 0 Å². The van der Waals surface area contributed by atoms with Crippen LogP contribution in [0.3, 0.4) is 0 Å². The van der Waals surface area contributed by atoms with Crippen molar-refractivity contribution >= 4 is 5.69 Å². The van der Waals surface area contributed by atoms with Gasteiger partial charge >= 0.3 is 0 Å². The van der Waals surface area contributed by atoms with Gasteiger partial charge in [-0.25, -0.2) is 0 Å². The molecule has 2 unspecified atom stereocenters. The third-order valence-electron chi connectivity index (χ3n) is 3.86. The van der Waals surface area contributed by atoms with E-state index in [9.17, 15) is 0 Å². The van der Waals surface area contributed by atoms with Gasteiger partial charge in [0.1, 0.15) is 0 Å². The highest BCUT2D eigenvalue weighted by molar-refractivity contribution is 5.56. The lowest BCUT2D eigenvalue weighted by Gasteiger charge is -2.25. The number of anilines is 1. The Balaban J connectivity index is 2.15. The number of methoxy groups -OCH3 is 1. The normalized spacial score (nSPS) is 18.3. The van der Waals surface area contributed by atoms with E-state index in [1.807, 2.05) is 0 Å². The molecule has 94 valence electrons. The first kappa shape index (κ1) is 12.4. The summed E-state index contributed by atoms with van der Waals surface area (Å²) < 4.78 is 5.37. The number of ether oxygens (including phenoxy) is 1. The Labute approximate surface area is 104 Å². The Hall–Kier alpha value is -1.02.